The lowest BCUT2D eigenvalue weighted by Crippen LogP contribution is -2.48. The van der Waals surface area contributed by atoms with Crippen LogP contribution in [0.15, 0.2) is 0 Å². The van der Waals surface area contributed by atoms with E-state index in [2.05, 4.69) is 17.1 Å². The molecule has 3 N–H and O–H groups in total. The largest absolute Gasteiger partial charge is 0.355 e. The van der Waals surface area contributed by atoms with Crippen molar-refractivity contribution in [3.05, 3.63) is 0 Å². The van der Waals surface area contributed by atoms with Crippen LogP contribution >= 0.6 is 0 Å². The molecular formula is C17H33N3O. The van der Waals surface area contributed by atoms with Crippen LogP contribution in [0, 0.1) is 11.8 Å². The van der Waals surface area contributed by atoms with E-state index in [-0.39, 0.29) is 11.8 Å². The van der Waals surface area contributed by atoms with E-state index < -0.39 is 0 Å². The number of nitrogens with one attached hydrogen (secondary N) is 1. The van der Waals surface area contributed by atoms with E-state index in [1.807, 2.05) is 0 Å². The molecule has 1 atom stereocenters. The van der Waals surface area contributed by atoms with E-state index in [0.29, 0.717) is 13.1 Å². The van der Waals surface area contributed by atoms with Gasteiger partial charge in [0.1, 0.15) is 0 Å². The first-order valence-corrected chi connectivity index (χ1v) is 8.96. The molecule has 1 amide bonds. The fourth-order valence-electron chi connectivity index (χ4n) is 4.10. The minimum absolute atomic E-state index is 0.179. The maximum absolute atomic E-state index is 12.1. The van der Waals surface area contributed by atoms with Crippen LogP contribution in [-0.4, -0.2) is 43.0 Å². The molecule has 0 spiro atoms. The average Bonchev–Trinajstić information content (AvgIpc) is 2.54. The van der Waals surface area contributed by atoms with Crippen molar-refractivity contribution in [3.8, 4) is 0 Å². The topological polar surface area (TPSA) is 58.4 Å². The van der Waals surface area contributed by atoms with Crippen LogP contribution in [-0.2, 0) is 4.79 Å². The van der Waals surface area contributed by atoms with Gasteiger partial charge in [0.2, 0.25) is 5.91 Å². The predicted molar refractivity (Wildman–Crippen MR) is 87.0 cm³/mol. The van der Waals surface area contributed by atoms with Gasteiger partial charge in [0.15, 0.2) is 0 Å². The molecule has 0 aromatic carbocycles. The van der Waals surface area contributed by atoms with E-state index in [1.54, 1.807) is 0 Å². The van der Waals surface area contributed by atoms with Crippen LogP contribution in [0.3, 0.4) is 0 Å². The zero-order valence-corrected chi connectivity index (χ0v) is 13.7. The van der Waals surface area contributed by atoms with Crippen molar-refractivity contribution >= 4 is 5.91 Å². The minimum atomic E-state index is 0.179. The van der Waals surface area contributed by atoms with Gasteiger partial charge in [-0.25, -0.2) is 0 Å². The Bertz CT molecular complexity index is 313. The lowest BCUT2D eigenvalue weighted by molar-refractivity contribution is -0.127. The summed E-state index contributed by atoms with van der Waals surface area (Å²) in [6, 6.07) is 0.725. The van der Waals surface area contributed by atoms with Gasteiger partial charge in [0.25, 0.3) is 0 Å². The van der Waals surface area contributed by atoms with Gasteiger partial charge in [-0.3, -0.25) is 9.69 Å². The maximum atomic E-state index is 12.1. The molecule has 2 rings (SSSR count). The fraction of sp³-hybridized carbons (Fsp3) is 0.941. The van der Waals surface area contributed by atoms with Crippen LogP contribution in [0.4, 0.5) is 0 Å². The quantitative estimate of drug-likeness (QED) is 0.789. The first kappa shape index (κ1) is 16.8. The van der Waals surface area contributed by atoms with E-state index in [0.717, 1.165) is 31.3 Å². The van der Waals surface area contributed by atoms with E-state index in [9.17, 15) is 4.79 Å². The molecule has 2 aliphatic rings. The molecule has 1 saturated carbocycles. The van der Waals surface area contributed by atoms with Gasteiger partial charge >= 0.3 is 0 Å². The van der Waals surface area contributed by atoms with Crippen molar-refractivity contribution in [2.45, 2.75) is 64.3 Å². The number of hydrogen-bond acceptors (Lipinski definition) is 3. The highest BCUT2D eigenvalue weighted by Gasteiger charge is 2.31. The summed E-state index contributed by atoms with van der Waals surface area (Å²) in [6.45, 7) is 5.58. The lowest BCUT2D eigenvalue weighted by Gasteiger charge is -2.41. The zero-order valence-electron chi connectivity index (χ0n) is 13.7. The summed E-state index contributed by atoms with van der Waals surface area (Å²) in [5.74, 6) is 1.35. The first-order chi connectivity index (χ1) is 10.2. The fourth-order valence-corrected chi connectivity index (χ4v) is 4.10. The smallest absolute Gasteiger partial charge is 0.224 e. The van der Waals surface area contributed by atoms with Crippen LogP contribution in [0.25, 0.3) is 0 Å². The van der Waals surface area contributed by atoms with Crippen molar-refractivity contribution in [2.75, 3.05) is 26.2 Å². The summed E-state index contributed by atoms with van der Waals surface area (Å²) >= 11 is 0. The van der Waals surface area contributed by atoms with Crippen LogP contribution in [0.2, 0.25) is 0 Å². The Balaban J connectivity index is 1.77. The van der Waals surface area contributed by atoms with Gasteiger partial charge in [-0.1, -0.05) is 19.8 Å². The number of carbonyl (C=O) groups is 1. The Morgan fingerprint density at radius 1 is 1.24 bits per heavy atom. The molecule has 0 aromatic heterocycles. The molecule has 1 aliphatic carbocycles. The molecular weight excluding hydrogens is 262 g/mol. The number of piperidine rings is 1. The standard InChI is InChI=1S/C17H33N3O/c1-2-4-14-6-8-16(9-7-14)20-12-3-5-15(13-20)17(21)19-11-10-18/h14-16H,2-13,18H2,1H3,(H,19,21). The summed E-state index contributed by atoms with van der Waals surface area (Å²) in [6.07, 6.45) is 10.4. The number of hydrogen-bond donors (Lipinski definition) is 2. The Hall–Kier alpha value is -0.610. The molecule has 0 bridgehead atoms. The third-order valence-corrected chi connectivity index (χ3v) is 5.30. The number of likely N-dealkylation sites (tertiary alicyclic amines) is 1. The highest BCUT2D eigenvalue weighted by molar-refractivity contribution is 5.78. The van der Waals surface area contributed by atoms with Crippen LogP contribution in [0.1, 0.15) is 58.3 Å². The predicted octanol–water partition coefficient (Wildman–Crippen LogP) is 2.13. The molecule has 4 heteroatoms. The number of rotatable bonds is 6. The van der Waals surface area contributed by atoms with Gasteiger partial charge in [-0.15, -0.1) is 0 Å². The summed E-state index contributed by atoms with van der Waals surface area (Å²) in [5, 5.41) is 2.96. The van der Waals surface area contributed by atoms with Crippen molar-refractivity contribution in [1.29, 1.82) is 0 Å². The minimum Gasteiger partial charge on any atom is -0.355 e. The summed E-state index contributed by atoms with van der Waals surface area (Å²) < 4.78 is 0. The average molecular weight is 295 g/mol. The molecule has 1 unspecified atom stereocenters. The van der Waals surface area contributed by atoms with Gasteiger partial charge < -0.3 is 11.1 Å². The number of amides is 1. The maximum Gasteiger partial charge on any atom is 0.224 e. The van der Waals surface area contributed by atoms with Gasteiger partial charge in [-0.05, 0) is 51.0 Å². The molecule has 1 saturated heterocycles. The van der Waals surface area contributed by atoms with Gasteiger partial charge in [0, 0.05) is 25.7 Å². The molecule has 21 heavy (non-hydrogen) atoms. The second kappa shape index (κ2) is 8.74. The van der Waals surface area contributed by atoms with Crippen LogP contribution in [0.5, 0.6) is 0 Å². The van der Waals surface area contributed by atoms with Crippen LogP contribution < -0.4 is 11.1 Å². The highest BCUT2D eigenvalue weighted by atomic mass is 16.1. The molecule has 1 heterocycles. The van der Waals surface area contributed by atoms with Crippen molar-refractivity contribution in [3.63, 3.8) is 0 Å². The van der Waals surface area contributed by atoms with Crippen molar-refractivity contribution in [2.24, 2.45) is 17.6 Å². The monoisotopic (exact) mass is 295 g/mol. The summed E-state index contributed by atoms with van der Waals surface area (Å²) in [7, 11) is 0. The Kier molecular flexibility index (Phi) is 6.97. The molecule has 122 valence electrons. The van der Waals surface area contributed by atoms with Crippen molar-refractivity contribution in [1.82, 2.24) is 10.2 Å². The normalized spacial score (nSPS) is 31.0. The zero-order chi connectivity index (χ0) is 15.1. The third-order valence-electron chi connectivity index (χ3n) is 5.30. The van der Waals surface area contributed by atoms with Gasteiger partial charge in [-0.2, -0.15) is 0 Å². The van der Waals surface area contributed by atoms with E-state index in [1.165, 1.54) is 45.1 Å². The lowest BCUT2D eigenvalue weighted by atomic mass is 9.82. The Morgan fingerprint density at radius 3 is 2.67 bits per heavy atom. The number of carbonyl (C=O) groups excluding carboxylic acids is 1. The molecule has 4 nitrogen and oxygen atoms in total. The Labute approximate surface area is 129 Å². The van der Waals surface area contributed by atoms with Gasteiger partial charge in [0.05, 0.1) is 5.92 Å². The summed E-state index contributed by atoms with van der Waals surface area (Å²) in [4.78, 5) is 14.7. The third kappa shape index (κ3) is 4.96. The number of nitrogens with zero attached hydrogens (tertiary/aromatic N) is 1. The van der Waals surface area contributed by atoms with E-state index >= 15 is 0 Å². The van der Waals surface area contributed by atoms with E-state index in [4.69, 9.17) is 5.73 Å². The molecule has 0 aromatic rings. The second-order valence-corrected chi connectivity index (χ2v) is 6.88. The molecule has 2 fully saturated rings. The molecule has 0 radical (unpaired) electrons. The van der Waals surface area contributed by atoms with Crippen molar-refractivity contribution < 1.29 is 4.79 Å². The summed E-state index contributed by atoms with van der Waals surface area (Å²) in [5.41, 5.74) is 5.46. The first-order valence-electron chi connectivity index (χ1n) is 8.96. The SMILES string of the molecule is CCCC1CCC(N2CCCC(C(=O)NCCN)C2)CC1. The number of nitrogens with two attached hydrogens (primary N) is 1. The second-order valence-electron chi connectivity index (χ2n) is 6.88. The molecule has 1 aliphatic heterocycles. The highest BCUT2D eigenvalue weighted by Crippen LogP contribution is 2.32. The Morgan fingerprint density at radius 2 is 2.00 bits per heavy atom.